The fraction of sp³-hybridized carbons (Fsp3) is 0.722. The lowest BCUT2D eigenvalue weighted by atomic mass is 10.0. The smallest absolute Gasteiger partial charge is 0.303 e. The van der Waals surface area contributed by atoms with Crippen LogP contribution in [0, 0.1) is 0 Å². The Morgan fingerprint density at radius 2 is 1.74 bits per heavy atom. The molecule has 0 aromatic rings. The van der Waals surface area contributed by atoms with Crippen molar-refractivity contribution in [2.75, 3.05) is 6.61 Å². The van der Waals surface area contributed by atoms with Crippen LogP contribution in [0.5, 0.6) is 0 Å². The molecule has 134 valence electrons. The SMILES string of the molecule is O=C(O)CCCC[C@@H](O)C[C@@H](O)/C=C\C/C=C\CCCCCO. The van der Waals surface area contributed by atoms with Gasteiger partial charge in [0.1, 0.15) is 0 Å². The summed E-state index contributed by atoms with van der Waals surface area (Å²) >= 11 is 0. The molecule has 0 aliphatic heterocycles. The zero-order valence-electron chi connectivity index (χ0n) is 13.9. The quantitative estimate of drug-likeness (QED) is 0.274. The molecule has 0 bridgehead atoms. The van der Waals surface area contributed by atoms with Gasteiger partial charge in [0.15, 0.2) is 0 Å². The van der Waals surface area contributed by atoms with Crippen molar-refractivity contribution >= 4 is 5.97 Å². The largest absolute Gasteiger partial charge is 0.481 e. The number of aliphatic hydroxyl groups is 3. The van der Waals surface area contributed by atoms with Gasteiger partial charge in [0.2, 0.25) is 0 Å². The van der Waals surface area contributed by atoms with Gasteiger partial charge >= 0.3 is 5.97 Å². The van der Waals surface area contributed by atoms with Crippen LogP contribution in [-0.4, -0.2) is 45.2 Å². The molecule has 0 aliphatic carbocycles. The zero-order valence-corrected chi connectivity index (χ0v) is 13.9. The summed E-state index contributed by atoms with van der Waals surface area (Å²) in [7, 11) is 0. The summed E-state index contributed by atoms with van der Waals surface area (Å²) in [6.07, 6.45) is 13.4. The molecule has 0 aromatic carbocycles. The Labute approximate surface area is 139 Å². The van der Waals surface area contributed by atoms with Gasteiger partial charge in [0.05, 0.1) is 12.2 Å². The van der Waals surface area contributed by atoms with Crippen LogP contribution in [0.15, 0.2) is 24.3 Å². The maximum atomic E-state index is 10.4. The molecule has 23 heavy (non-hydrogen) atoms. The van der Waals surface area contributed by atoms with Crippen molar-refractivity contribution in [3.05, 3.63) is 24.3 Å². The summed E-state index contributed by atoms with van der Waals surface area (Å²) in [5.41, 5.74) is 0. The fourth-order valence-corrected chi connectivity index (χ4v) is 2.21. The third-order valence-corrected chi connectivity index (χ3v) is 3.52. The summed E-state index contributed by atoms with van der Waals surface area (Å²) < 4.78 is 0. The molecule has 0 heterocycles. The average Bonchev–Trinajstić information content (AvgIpc) is 2.49. The Balaban J connectivity index is 3.61. The number of rotatable bonds is 15. The molecule has 2 atom stereocenters. The molecule has 0 unspecified atom stereocenters. The number of aliphatic carboxylic acids is 1. The Bertz CT molecular complexity index is 338. The second-order valence-electron chi connectivity index (χ2n) is 5.80. The number of carboxylic acid groups (broad SMARTS) is 1. The zero-order chi connectivity index (χ0) is 17.3. The first-order valence-electron chi connectivity index (χ1n) is 8.56. The van der Waals surface area contributed by atoms with E-state index < -0.39 is 18.2 Å². The monoisotopic (exact) mass is 328 g/mol. The van der Waals surface area contributed by atoms with Crippen LogP contribution < -0.4 is 0 Å². The second-order valence-corrected chi connectivity index (χ2v) is 5.80. The van der Waals surface area contributed by atoms with Gasteiger partial charge in [-0.1, -0.05) is 37.1 Å². The van der Waals surface area contributed by atoms with E-state index in [4.69, 9.17) is 10.2 Å². The van der Waals surface area contributed by atoms with E-state index in [1.54, 1.807) is 6.08 Å². The van der Waals surface area contributed by atoms with Crippen LogP contribution in [0.4, 0.5) is 0 Å². The number of allylic oxidation sites excluding steroid dienone is 3. The molecular formula is C18H32O5. The van der Waals surface area contributed by atoms with E-state index in [1.165, 1.54) is 0 Å². The van der Waals surface area contributed by atoms with Crippen LogP contribution in [-0.2, 0) is 4.79 Å². The minimum Gasteiger partial charge on any atom is -0.481 e. The van der Waals surface area contributed by atoms with Crippen molar-refractivity contribution in [2.24, 2.45) is 0 Å². The van der Waals surface area contributed by atoms with Crippen molar-refractivity contribution in [3.63, 3.8) is 0 Å². The molecule has 4 N–H and O–H groups in total. The van der Waals surface area contributed by atoms with Gasteiger partial charge in [-0.2, -0.15) is 0 Å². The van der Waals surface area contributed by atoms with Gasteiger partial charge in [-0.25, -0.2) is 0 Å². The van der Waals surface area contributed by atoms with Crippen LogP contribution in [0.1, 0.15) is 64.2 Å². The van der Waals surface area contributed by atoms with Crippen molar-refractivity contribution in [1.29, 1.82) is 0 Å². The van der Waals surface area contributed by atoms with Crippen LogP contribution in [0.25, 0.3) is 0 Å². The van der Waals surface area contributed by atoms with E-state index in [2.05, 4.69) is 6.08 Å². The molecular weight excluding hydrogens is 296 g/mol. The maximum absolute atomic E-state index is 10.4. The fourth-order valence-electron chi connectivity index (χ4n) is 2.21. The van der Waals surface area contributed by atoms with Gasteiger partial charge in [-0.05, 0) is 38.5 Å². The van der Waals surface area contributed by atoms with Crippen LogP contribution in [0.3, 0.4) is 0 Å². The highest BCUT2D eigenvalue weighted by Crippen LogP contribution is 2.10. The highest BCUT2D eigenvalue weighted by Gasteiger charge is 2.09. The van der Waals surface area contributed by atoms with E-state index in [0.29, 0.717) is 19.3 Å². The lowest BCUT2D eigenvalue weighted by Gasteiger charge is -2.12. The number of hydrogen-bond acceptors (Lipinski definition) is 4. The third-order valence-electron chi connectivity index (χ3n) is 3.52. The van der Waals surface area contributed by atoms with Gasteiger partial charge in [0, 0.05) is 19.4 Å². The topological polar surface area (TPSA) is 98.0 Å². The van der Waals surface area contributed by atoms with Gasteiger partial charge in [-0.3, -0.25) is 4.79 Å². The van der Waals surface area contributed by atoms with E-state index in [0.717, 1.165) is 32.1 Å². The number of carbonyl (C=O) groups is 1. The molecule has 0 amide bonds. The first-order chi connectivity index (χ1) is 11.1. The van der Waals surface area contributed by atoms with E-state index >= 15 is 0 Å². The number of hydrogen-bond donors (Lipinski definition) is 4. The van der Waals surface area contributed by atoms with Gasteiger partial charge < -0.3 is 20.4 Å². The molecule has 0 saturated carbocycles. The molecule has 0 fully saturated rings. The summed E-state index contributed by atoms with van der Waals surface area (Å²) in [6.45, 7) is 0.260. The number of unbranched alkanes of at least 4 members (excludes halogenated alkanes) is 4. The molecule has 5 heteroatoms. The summed E-state index contributed by atoms with van der Waals surface area (Å²) in [5, 5.41) is 36.7. The lowest BCUT2D eigenvalue weighted by Crippen LogP contribution is -2.15. The van der Waals surface area contributed by atoms with Gasteiger partial charge in [0.25, 0.3) is 0 Å². The summed E-state index contributed by atoms with van der Waals surface area (Å²) in [4.78, 5) is 10.4. The molecule has 5 nitrogen and oxygen atoms in total. The predicted molar refractivity (Wildman–Crippen MR) is 91.2 cm³/mol. The van der Waals surface area contributed by atoms with E-state index in [9.17, 15) is 15.0 Å². The number of aliphatic hydroxyl groups excluding tert-OH is 3. The minimum atomic E-state index is -0.816. The standard InChI is InChI=1S/C18H32O5/c19-14-10-6-4-2-1-3-5-7-11-16(20)15-17(21)12-8-9-13-18(22)23/h1,3,7,11,16-17,19-21H,2,4-6,8-10,12-15H2,(H,22,23)/b3-1-,11-7-/t16-,17+/m0/s1. The Kier molecular flexibility index (Phi) is 14.9. The van der Waals surface area contributed by atoms with Crippen LogP contribution >= 0.6 is 0 Å². The predicted octanol–water partition coefficient (Wildman–Crippen LogP) is 2.80. The summed E-state index contributed by atoms with van der Waals surface area (Å²) in [5.74, 6) is -0.816. The van der Waals surface area contributed by atoms with E-state index in [-0.39, 0.29) is 19.4 Å². The number of carboxylic acids is 1. The normalized spacial score (nSPS) is 14.6. The van der Waals surface area contributed by atoms with Crippen molar-refractivity contribution < 1.29 is 25.2 Å². The Morgan fingerprint density at radius 3 is 2.43 bits per heavy atom. The van der Waals surface area contributed by atoms with Crippen molar-refractivity contribution in [1.82, 2.24) is 0 Å². The Morgan fingerprint density at radius 1 is 0.957 bits per heavy atom. The molecule has 0 radical (unpaired) electrons. The highest BCUT2D eigenvalue weighted by molar-refractivity contribution is 5.66. The van der Waals surface area contributed by atoms with Crippen molar-refractivity contribution in [3.8, 4) is 0 Å². The lowest BCUT2D eigenvalue weighted by molar-refractivity contribution is -0.137. The second kappa shape index (κ2) is 15.7. The average molecular weight is 328 g/mol. The van der Waals surface area contributed by atoms with Crippen molar-refractivity contribution in [2.45, 2.75) is 76.4 Å². The first-order valence-corrected chi connectivity index (χ1v) is 8.56. The minimum absolute atomic E-state index is 0.126. The molecule has 0 aromatic heterocycles. The molecule has 0 saturated heterocycles. The Hall–Kier alpha value is -1.17. The first kappa shape index (κ1) is 21.8. The summed E-state index contributed by atoms with van der Waals surface area (Å²) in [6, 6.07) is 0. The molecule has 0 spiro atoms. The third kappa shape index (κ3) is 17.0. The van der Waals surface area contributed by atoms with Crippen LogP contribution in [0.2, 0.25) is 0 Å². The molecule has 0 aliphatic rings. The van der Waals surface area contributed by atoms with Gasteiger partial charge in [-0.15, -0.1) is 0 Å². The molecule has 0 rings (SSSR count). The highest BCUT2D eigenvalue weighted by atomic mass is 16.4. The maximum Gasteiger partial charge on any atom is 0.303 e. The van der Waals surface area contributed by atoms with E-state index in [1.807, 2.05) is 12.2 Å².